The summed E-state index contributed by atoms with van der Waals surface area (Å²) >= 11 is 0. The Labute approximate surface area is 143 Å². The predicted octanol–water partition coefficient (Wildman–Crippen LogP) is 1.44. The third-order valence-corrected chi connectivity index (χ3v) is 3.49. The van der Waals surface area contributed by atoms with E-state index in [0.29, 0.717) is 12.8 Å². The summed E-state index contributed by atoms with van der Waals surface area (Å²) in [6.07, 6.45) is 0.818. The molecule has 0 spiro atoms. The van der Waals surface area contributed by atoms with Crippen LogP contribution in [0.5, 0.6) is 0 Å². The lowest BCUT2D eigenvalue weighted by Gasteiger charge is -2.23. The van der Waals surface area contributed by atoms with Crippen LogP contribution in [0.4, 0.5) is 0 Å². The van der Waals surface area contributed by atoms with Gasteiger partial charge >= 0.3 is 5.97 Å². The third-order valence-electron chi connectivity index (χ3n) is 3.49. The van der Waals surface area contributed by atoms with Crippen molar-refractivity contribution in [3.05, 3.63) is 35.9 Å². The number of methoxy groups -OCH3 is 1. The monoisotopic (exact) mass is 334 g/mol. The smallest absolute Gasteiger partial charge is 0.328 e. The van der Waals surface area contributed by atoms with Gasteiger partial charge in [0.1, 0.15) is 12.1 Å². The van der Waals surface area contributed by atoms with Crippen LogP contribution < -0.4 is 10.6 Å². The van der Waals surface area contributed by atoms with Gasteiger partial charge in [0.05, 0.1) is 7.11 Å². The van der Waals surface area contributed by atoms with Crippen molar-refractivity contribution in [3.8, 4) is 0 Å². The zero-order chi connectivity index (χ0) is 18.1. The first-order chi connectivity index (χ1) is 11.3. The Balaban J connectivity index is 2.84. The maximum atomic E-state index is 12.5. The molecule has 1 aromatic carbocycles. The lowest BCUT2D eigenvalue weighted by Crippen LogP contribution is -2.52. The number of nitrogens with one attached hydrogen (secondary N) is 2. The molecule has 2 N–H and O–H groups in total. The second-order valence-electron chi connectivity index (χ2n) is 6.16. The van der Waals surface area contributed by atoms with Crippen LogP contribution in [0.3, 0.4) is 0 Å². The Kier molecular flexibility index (Phi) is 7.95. The van der Waals surface area contributed by atoms with Crippen LogP contribution in [0.25, 0.3) is 0 Å². The summed E-state index contributed by atoms with van der Waals surface area (Å²) in [5, 5.41) is 5.33. The molecular formula is C18H26N2O4. The number of benzene rings is 1. The largest absolute Gasteiger partial charge is 0.467 e. The number of rotatable bonds is 8. The van der Waals surface area contributed by atoms with E-state index < -0.39 is 18.1 Å². The number of carbonyl (C=O) groups is 3. The Morgan fingerprint density at radius 2 is 1.67 bits per heavy atom. The molecule has 0 bridgehead atoms. The molecule has 24 heavy (non-hydrogen) atoms. The van der Waals surface area contributed by atoms with Crippen molar-refractivity contribution in [2.24, 2.45) is 5.92 Å². The van der Waals surface area contributed by atoms with Crippen LogP contribution >= 0.6 is 0 Å². The first kappa shape index (κ1) is 19.7. The van der Waals surface area contributed by atoms with Crippen LogP contribution in [-0.2, 0) is 25.5 Å². The minimum absolute atomic E-state index is 0.221. The highest BCUT2D eigenvalue weighted by molar-refractivity contribution is 5.90. The van der Waals surface area contributed by atoms with Crippen LogP contribution in [0.2, 0.25) is 0 Å². The molecule has 2 atom stereocenters. The second kappa shape index (κ2) is 9.70. The maximum absolute atomic E-state index is 12.5. The van der Waals surface area contributed by atoms with Gasteiger partial charge in [-0.1, -0.05) is 44.2 Å². The Morgan fingerprint density at radius 1 is 1.04 bits per heavy atom. The molecule has 6 nitrogen and oxygen atoms in total. The van der Waals surface area contributed by atoms with E-state index in [-0.39, 0.29) is 17.7 Å². The van der Waals surface area contributed by atoms with E-state index in [1.165, 1.54) is 14.0 Å². The van der Waals surface area contributed by atoms with Gasteiger partial charge in [0, 0.05) is 13.3 Å². The number of carbonyl (C=O) groups excluding carboxylic acids is 3. The van der Waals surface area contributed by atoms with Gasteiger partial charge in [-0.05, 0) is 17.9 Å². The molecule has 6 heteroatoms. The highest BCUT2D eigenvalue weighted by Gasteiger charge is 2.27. The topological polar surface area (TPSA) is 84.5 Å². The molecule has 132 valence electrons. The fraction of sp³-hybridized carbons (Fsp3) is 0.500. The molecule has 1 aromatic rings. The highest BCUT2D eigenvalue weighted by Crippen LogP contribution is 2.08. The molecule has 0 heterocycles. The van der Waals surface area contributed by atoms with Gasteiger partial charge in [0.2, 0.25) is 11.8 Å². The lowest BCUT2D eigenvalue weighted by molar-refractivity contribution is -0.145. The summed E-state index contributed by atoms with van der Waals surface area (Å²) in [6.45, 7) is 5.29. The number of amides is 2. The highest BCUT2D eigenvalue weighted by atomic mass is 16.5. The fourth-order valence-corrected chi connectivity index (χ4v) is 2.41. The van der Waals surface area contributed by atoms with Gasteiger partial charge in [-0.25, -0.2) is 4.79 Å². The quantitative estimate of drug-likeness (QED) is 0.705. The Bertz CT molecular complexity index is 557. The van der Waals surface area contributed by atoms with E-state index in [0.717, 1.165) is 5.56 Å². The molecular weight excluding hydrogens is 308 g/mol. The van der Waals surface area contributed by atoms with Gasteiger partial charge in [-0.3, -0.25) is 9.59 Å². The van der Waals surface area contributed by atoms with Crippen LogP contribution in [-0.4, -0.2) is 37.0 Å². The zero-order valence-electron chi connectivity index (χ0n) is 14.7. The SMILES string of the molecule is COC(=O)[C@@H](Cc1ccccc1)NC(=O)[C@H](CC(C)C)NC(C)=O. The number of ether oxygens (including phenoxy) is 1. The average molecular weight is 334 g/mol. The number of hydrogen-bond acceptors (Lipinski definition) is 4. The molecule has 0 aromatic heterocycles. The molecule has 0 unspecified atom stereocenters. The Morgan fingerprint density at radius 3 is 2.17 bits per heavy atom. The van der Waals surface area contributed by atoms with Crippen LogP contribution in [0, 0.1) is 5.92 Å². The van der Waals surface area contributed by atoms with E-state index in [1.807, 2.05) is 44.2 Å². The van der Waals surface area contributed by atoms with Gasteiger partial charge in [-0.2, -0.15) is 0 Å². The molecule has 1 rings (SSSR count). The van der Waals surface area contributed by atoms with Crippen molar-refractivity contribution < 1.29 is 19.1 Å². The van der Waals surface area contributed by atoms with Crippen molar-refractivity contribution in [3.63, 3.8) is 0 Å². The zero-order valence-corrected chi connectivity index (χ0v) is 14.7. The summed E-state index contributed by atoms with van der Waals surface area (Å²) < 4.78 is 4.79. The van der Waals surface area contributed by atoms with Crippen molar-refractivity contribution >= 4 is 17.8 Å². The molecule has 0 aliphatic heterocycles. The molecule has 2 amide bonds. The van der Waals surface area contributed by atoms with Gasteiger partial charge in [-0.15, -0.1) is 0 Å². The Hall–Kier alpha value is -2.37. The first-order valence-corrected chi connectivity index (χ1v) is 8.02. The summed E-state index contributed by atoms with van der Waals surface area (Å²) in [6, 6.07) is 7.89. The molecule has 0 saturated heterocycles. The fourth-order valence-electron chi connectivity index (χ4n) is 2.41. The van der Waals surface area contributed by atoms with Crippen LogP contribution in [0.1, 0.15) is 32.8 Å². The van der Waals surface area contributed by atoms with Gasteiger partial charge in [0.15, 0.2) is 0 Å². The number of esters is 1. The summed E-state index contributed by atoms with van der Waals surface area (Å²) in [7, 11) is 1.28. The van der Waals surface area contributed by atoms with E-state index >= 15 is 0 Å². The van der Waals surface area contributed by atoms with Gasteiger partial charge < -0.3 is 15.4 Å². The van der Waals surface area contributed by atoms with Gasteiger partial charge in [0.25, 0.3) is 0 Å². The molecule has 0 aliphatic carbocycles. The van der Waals surface area contributed by atoms with Crippen LogP contribution in [0.15, 0.2) is 30.3 Å². The predicted molar refractivity (Wildman–Crippen MR) is 91.2 cm³/mol. The maximum Gasteiger partial charge on any atom is 0.328 e. The van der Waals surface area contributed by atoms with Crippen molar-refractivity contribution in [1.82, 2.24) is 10.6 Å². The third kappa shape index (κ3) is 6.81. The first-order valence-electron chi connectivity index (χ1n) is 8.02. The van der Waals surface area contributed by atoms with E-state index in [1.54, 1.807) is 0 Å². The minimum atomic E-state index is -0.798. The molecule has 0 radical (unpaired) electrons. The molecule has 0 aliphatic rings. The molecule has 0 saturated carbocycles. The summed E-state index contributed by atoms with van der Waals surface area (Å²) in [5.74, 6) is -0.963. The average Bonchev–Trinajstić information content (AvgIpc) is 2.52. The summed E-state index contributed by atoms with van der Waals surface area (Å²) in [5.41, 5.74) is 0.910. The minimum Gasteiger partial charge on any atom is -0.467 e. The van der Waals surface area contributed by atoms with E-state index in [4.69, 9.17) is 4.74 Å². The van der Waals surface area contributed by atoms with Crippen molar-refractivity contribution in [2.75, 3.05) is 7.11 Å². The summed E-state index contributed by atoms with van der Waals surface area (Å²) in [4.78, 5) is 35.8. The number of hydrogen-bond donors (Lipinski definition) is 2. The van der Waals surface area contributed by atoms with Crippen molar-refractivity contribution in [1.29, 1.82) is 0 Å². The van der Waals surface area contributed by atoms with Crippen molar-refractivity contribution in [2.45, 2.75) is 45.7 Å². The van der Waals surface area contributed by atoms with E-state index in [2.05, 4.69) is 10.6 Å². The second-order valence-corrected chi connectivity index (χ2v) is 6.16. The standard InChI is InChI=1S/C18H26N2O4/c1-12(2)10-15(19-13(3)21)17(22)20-16(18(23)24-4)11-14-8-6-5-7-9-14/h5-9,12,15-16H,10-11H2,1-4H3,(H,19,21)(H,20,22)/t15-,16+/m0/s1. The normalized spacial score (nSPS) is 13.0. The van der Waals surface area contributed by atoms with E-state index in [9.17, 15) is 14.4 Å². The lowest BCUT2D eigenvalue weighted by atomic mass is 10.0. The molecule has 0 fully saturated rings.